The van der Waals surface area contributed by atoms with E-state index in [2.05, 4.69) is 10.6 Å². The average Bonchev–Trinajstić information content (AvgIpc) is 2.19. The monoisotopic (exact) mass is 360 g/mol. The van der Waals surface area contributed by atoms with Gasteiger partial charge in [-0.25, -0.2) is 9.59 Å². The van der Waals surface area contributed by atoms with Gasteiger partial charge in [-0.15, -0.1) is 0 Å². The minimum absolute atomic E-state index is 0.270. The van der Waals surface area contributed by atoms with Crippen molar-refractivity contribution in [3.63, 3.8) is 0 Å². The number of hydrogen-bond acceptors (Lipinski definition) is 5. The Labute approximate surface area is 152 Å². The van der Waals surface area contributed by atoms with Crippen molar-refractivity contribution in [2.24, 2.45) is 0 Å². The van der Waals surface area contributed by atoms with Gasteiger partial charge in [0.25, 0.3) is 0 Å². The van der Waals surface area contributed by atoms with Crippen molar-refractivity contribution in [1.82, 2.24) is 10.6 Å². The van der Waals surface area contributed by atoms with Gasteiger partial charge >= 0.3 is 12.2 Å². The smallest absolute Gasteiger partial charge is 0.408 e. The molecule has 0 atom stereocenters. The number of carbonyl (C=O) groups excluding carboxylic acids is 2. The van der Waals surface area contributed by atoms with Gasteiger partial charge in [0.1, 0.15) is 11.2 Å². The highest BCUT2D eigenvalue weighted by Gasteiger charge is 2.28. The molecule has 0 aromatic carbocycles. The standard InChI is InChI=1S/C18H36N2O5/c1-15(2,3)24-13(21)19-17(7,8)11-23-12-18(9,10)20-14(22)25-16(4,5)6/h11-12H2,1-10H3,(H,19,21)(H,20,22). The molecule has 0 aliphatic carbocycles. The molecule has 0 rings (SSSR count). The highest BCUT2D eigenvalue weighted by Crippen LogP contribution is 2.12. The quantitative estimate of drug-likeness (QED) is 0.756. The maximum atomic E-state index is 11.9. The molecule has 25 heavy (non-hydrogen) atoms. The van der Waals surface area contributed by atoms with Gasteiger partial charge in [-0.05, 0) is 69.2 Å². The highest BCUT2D eigenvalue weighted by molar-refractivity contribution is 5.69. The summed E-state index contributed by atoms with van der Waals surface area (Å²) < 4.78 is 16.2. The summed E-state index contributed by atoms with van der Waals surface area (Å²) in [7, 11) is 0. The molecule has 2 N–H and O–H groups in total. The van der Waals surface area contributed by atoms with E-state index in [1.54, 1.807) is 41.5 Å². The predicted molar refractivity (Wildman–Crippen MR) is 97.7 cm³/mol. The third kappa shape index (κ3) is 13.5. The molecular weight excluding hydrogens is 324 g/mol. The van der Waals surface area contributed by atoms with Gasteiger partial charge in [0.05, 0.1) is 24.3 Å². The zero-order valence-electron chi connectivity index (χ0n) is 17.5. The summed E-state index contributed by atoms with van der Waals surface area (Å²) in [4.78, 5) is 23.7. The summed E-state index contributed by atoms with van der Waals surface area (Å²) in [6.07, 6.45) is -0.987. The highest BCUT2D eigenvalue weighted by atomic mass is 16.6. The van der Waals surface area contributed by atoms with Crippen molar-refractivity contribution in [3.8, 4) is 0 Å². The fourth-order valence-corrected chi connectivity index (χ4v) is 1.79. The van der Waals surface area contributed by atoms with E-state index in [9.17, 15) is 9.59 Å². The lowest BCUT2D eigenvalue weighted by atomic mass is 10.1. The van der Waals surface area contributed by atoms with Crippen LogP contribution in [0.1, 0.15) is 69.2 Å². The molecule has 0 radical (unpaired) electrons. The number of alkyl carbamates (subject to hydrolysis) is 2. The molecule has 0 aliphatic heterocycles. The minimum Gasteiger partial charge on any atom is -0.444 e. The minimum atomic E-state index is -0.607. The molecule has 2 amide bonds. The maximum Gasteiger partial charge on any atom is 0.408 e. The Bertz CT molecular complexity index is 417. The Morgan fingerprint density at radius 2 is 0.920 bits per heavy atom. The summed E-state index contributed by atoms with van der Waals surface area (Å²) in [5.41, 5.74) is -2.32. The van der Waals surface area contributed by atoms with Crippen LogP contribution in [-0.4, -0.2) is 47.7 Å². The van der Waals surface area contributed by atoms with E-state index in [4.69, 9.17) is 14.2 Å². The normalized spacial score (nSPS) is 13.2. The Morgan fingerprint density at radius 1 is 0.640 bits per heavy atom. The van der Waals surface area contributed by atoms with Crippen molar-refractivity contribution in [1.29, 1.82) is 0 Å². The average molecular weight is 360 g/mol. The number of ether oxygens (including phenoxy) is 3. The lowest BCUT2D eigenvalue weighted by Crippen LogP contribution is -2.52. The van der Waals surface area contributed by atoms with E-state index in [1.807, 2.05) is 27.7 Å². The predicted octanol–water partition coefficient (Wildman–Crippen LogP) is 3.61. The molecule has 0 aromatic heterocycles. The van der Waals surface area contributed by atoms with Crippen molar-refractivity contribution in [2.45, 2.75) is 91.5 Å². The second-order valence-electron chi connectivity index (χ2n) is 9.51. The lowest BCUT2D eigenvalue weighted by Gasteiger charge is -2.31. The van der Waals surface area contributed by atoms with Crippen molar-refractivity contribution < 1.29 is 23.8 Å². The molecule has 0 saturated carbocycles. The van der Waals surface area contributed by atoms with Gasteiger partial charge < -0.3 is 24.8 Å². The van der Waals surface area contributed by atoms with Crippen LogP contribution in [0.3, 0.4) is 0 Å². The number of carbonyl (C=O) groups is 2. The van der Waals surface area contributed by atoms with Crippen LogP contribution < -0.4 is 10.6 Å². The first-order valence-electron chi connectivity index (χ1n) is 8.51. The van der Waals surface area contributed by atoms with Gasteiger partial charge in [0.2, 0.25) is 0 Å². The molecule has 0 unspecified atom stereocenters. The third-order valence-corrected chi connectivity index (χ3v) is 2.60. The molecule has 7 nitrogen and oxygen atoms in total. The molecular formula is C18H36N2O5. The third-order valence-electron chi connectivity index (χ3n) is 2.60. The van der Waals surface area contributed by atoms with Gasteiger partial charge in [0.15, 0.2) is 0 Å². The topological polar surface area (TPSA) is 85.9 Å². The van der Waals surface area contributed by atoms with Crippen LogP contribution >= 0.6 is 0 Å². The van der Waals surface area contributed by atoms with E-state index >= 15 is 0 Å². The van der Waals surface area contributed by atoms with Crippen LogP contribution in [0.25, 0.3) is 0 Å². The molecule has 0 bridgehead atoms. The summed E-state index contributed by atoms with van der Waals surface area (Å²) in [5, 5.41) is 5.55. The fraction of sp³-hybridized carbons (Fsp3) is 0.889. The van der Waals surface area contributed by atoms with Crippen LogP contribution in [-0.2, 0) is 14.2 Å². The van der Waals surface area contributed by atoms with Crippen LogP contribution in [0, 0.1) is 0 Å². The van der Waals surface area contributed by atoms with Crippen LogP contribution in [0.2, 0.25) is 0 Å². The first kappa shape index (κ1) is 23.5. The first-order valence-corrected chi connectivity index (χ1v) is 8.51. The summed E-state index contributed by atoms with van der Waals surface area (Å²) >= 11 is 0. The van der Waals surface area contributed by atoms with Crippen molar-refractivity contribution >= 4 is 12.2 Å². The van der Waals surface area contributed by atoms with E-state index in [-0.39, 0.29) is 13.2 Å². The Morgan fingerprint density at radius 3 is 1.16 bits per heavy atom. The number of rotatable bonds is 6. The van der Waals surface area contributed by atoms with Crippen molar-refractivity contribution in [3.05, 3.63) is 0 Å². The molecule has 0 saturated heterocycles. The molecule has 0 aromatic rings. The summed E-state index contributed by atoms with van der Waals surface area (Å²) in [6, 6.07) is 0. The van der Waals surface area contributed by atoms with E-state index < -0.39 is 34.5 Å². The number of amides is 2. The van der Waals surface area contributed by atoms with Gasteiger partial charge in [-0.3, -0.25) is 0 Å². The second-order valence-corrected chi connectivity index (χ2v) is 9.51. The van der Waals surface area contributed by atoms with Crippen molar-refractivity contribution in [2.75, 3.05) is 13.2 Å². The zero-order chi connectivity index (χ0) is 20.1. The summed E-state index contributed by atoms with van der Waals surface area (Å²) in [5.74, 6) is 0. The summed E-state index contributed by atoms with van der Waals surface area (Å²) in [6.45, 7) is 18.7. The Balaban J connectivity index is 4.37. The van der Waals surface area contributed by atoms with Crippen LogP contribution in [0.4, 0.5) is 9.59 Å². The van der Waals surface area contributed by atoms with Crippen LogP contribution in [0.15, 0.2) is 0 Å². The van der Waals surface area contributed by atoms with Gasteiger partial charge in [-0.1, -0.05) is 0 Å². The van der Waals surface area contributed by atoms with E-state index in [0.717, 1.165) is 0 Å². The first-order chi connectivity index (χ1) is 10.9. The SMILES string of the molecule is CC(C)(COCC(C)(C)NC(=O)OC(C)(C)C)NC(=O)OC(C)(C)C. The molecule has 7 heteroatoms. The van der Waals surface area contributed by atoms with Crippen LogP contribution in [0.5, 0.6) is 0 Å². The number of nitrogens with one attached hydrogen (secondary N) is 2. The van der Waals surface area contributed by atoms with E-state index in [0.29, 0.717) is 0 Å². The van der Waals surface area contributed by atoms with Gasteiger partial charge in [0, 0.05) is 0 Å². The number of hydrogen-bond donors (Lipinski definition) is 2. The second kappa shape index (κ2) is 8.25. The molecule has 148 valence electrons. The Kier molecular flexibility index (Phi) is 7.76. The van der Waals surface area contributed by atoms with Gasteiger partial charge in [-0.2, -0.15) is 0 Å². The zero-order valence-corrected chi connectivity index (χ0v) is 17.5. The van der Waals surface area contributed by atoms with E-state index in [1.165, 1.54) is 0 Å². The molecule has 0 heterocycles. The molecule has 0 fully saturated rings. The molecule has 0 aliphatic rings. The largest absolute Gasteiger partial charge is 0.444 e. The lowest BCUT2D eigenvalue weighted by molar-refractivity contribution is 0.0180. The maximum absolute atomic E-state index is 11.9. The fourth-order valence-electron chi connectivity index (χ4n) is 1.79. The Hall–Kier alpha value is -1.50. The molecule has 0 spiro atoms.